The first kappa shape index (κ1) is 26.3. The summed E-state index contributed by atoms with van der Waals surface area (Å²) >= 11 is 3.36. The SMILES string of the molecule is CNCC[N+](C)(C(=O)C1(c2ccc(C(F)(F)F)cc2F)CC1)[C@@H](Cc1ccc(Br)cc1)C(N)=O. The maximum atomic E-state index is 14.9. The Morgan fingerprint density at radius 2 is 1.79 bits per heavy atom. The molecule has 2 atom stereocenters. The van der Waals surface area contributed by atoms with Gasteiger partial charge >= 0.3 is 12.1 Å². The molecule has 184 valence electrons. The van der Waals surface area contributed by atoms with Crippen molar-refractivity contribution in [3.63, 3.8) is 0 Å². The summed E-state index contributed by atoms with van der Waals surface area (Å²) in [4.78, 5) is 26.6. The second kappa shape index (κ2) is 9.75. The number of carbonyl (C=O) groups is 2. The molecule has 0 aliphatic heterocycles. The fraction of sp³-hybridized carbons (Fsp3) is 0.417. The molecule has 0 spiro atoms. The van der Waals surface area contributed by atoms with Gasteiger partial charge in [0.1, 0.15) is 11.2 Å². The molecule has 1 unspecified atom stereocenters. The maximum Gasteiger partial charge on any atom is 0.416 e. The van der Waals surface area contributed by atoms with Gasteiger partial charge in [0.2, 0.25) is 0 Å². The number of amides is 2. The number of halogens is 5. The molecule has 2 aromatic carbocycles. The Bertz CT molecular complexity index is 1070. The van der Waals surface area contributed by atoms with Crippen LogP contribution >= 0.6 is 15.9 Å². The van der Waals surface area contributed by atoms with E-state index in [4.69, 9.17) is 5.73 Å². The zero-order valence-corrected chi connectivity index (χ0v) is 20.5. The van der Waals surface area contributed by atoms with E-state index >= 15 is 0 Å². The van der Waals surface area contributed by atoms with Crippen molar-refractivity contribution < 1.29 is 31.6 Å². The van der Waals surface area contributed by atoms with Crippen molar-refractivity contribution in [1.82, 2.24) is 5.32 Å². The van der Waals surface area contributed by atoms with E-state index in [0.29, 0.717) is 12.6 Å². The van der Waals surface area contributed by atoms with Crippen molar-refractivity contribution in [2.75, 3.05) is 27.2 Å². The van der Waals surface area contributed by atoms with Crippen LogP contribution < -0.4 is 11.1 Å². The number of carbonyl (C=O) groups excluding carboxylic acids is 2. The van der Waals surface area contributed by atoms with Gasteiger partial charge in [-0.3, -0.25) is 9.28 Å². The molecular weight excluding hydrogens is 518 g/mol. The summed E-state index contributed by atoms with van der Waals surface area (Å²) in [6.45, 7) is 0.571. The highest BCUT2D eigenvalue weighted by Crippen LogP contribution is 2.52. The van der Waals surface area contributed by atoms with Crippen LogP contribution in [-0.4, -0.2) is 49.5 Å². The monoisotopic (exact) mass is 544 g/mol. The quantitative estimate of drug-likeness (QED) is 0.371. The van der Waals surface area contributed by atoms with Crippen molar-refractivity contribution in [3.05, 3.63) is 69.4 Å². The first-order chi connectivity index (χ1) is 15.8. The van der Waals surface area contributed by atoms with Gasteiger partial charge in [-0.2, -0.15) is 13.2 Å². The minimum atomic E-state index is -4.70. The largest absolute Gasteiger partial charge is 0.416 e. The van der Waals surface area contributed by atoms with E-state index < -0.39 is 45.3 Å². The molecule has 2 amide bonds. The van der Waals surface area contributed by atoms with Crippen molar-refractivity contribution >= 4 is 27.7 Å². The van der Waals surface area contributed by atoms with Crippen LogP contribution in [0.4, 0.5) is 17.6 Å². The first-order valence-electron chi connectivity index (χ1n) is 10.8. The molecule has 1 fully saturated rings. The maximum absolute atomic E-state index is 14.9. The van der Waals surface area contributed by atoms with Crippen LogP contribution in [-0.2, 0) is 27.6 Å². The Labute approximate surface area is 204 Å². The smallest absolute Gasteiger partial charge is 0.364 e. The summed E-state index contributed by atoms with van der Waals surface area (Å²) in [6, 6.07) is 8.56. The molecule has 5 nitrogen and oxygen atoms in total. The summed E-state index contributed by atoms with van der Waals surface area (Å²) in [7, 11) is 3.29. The number of nitrogens with two attached hydrogens (primary N) is 1. The lowest BCUT2D eigenvalue weighted by Crippen LogP contribution is -2.66. The molecule has 10 heteroatoms. The highest BCUT2D eigenvalue weighted by Gasteiger charge is 2.62. The highest BCUT2D eigenvalue weighted by atomic mass is 79.9. The molecule has 3 N–H and O–H groups in total. The van der Waals surface area contributed by atoms with Crippen LogP contribution in [0.5, 0.6) is 0 Å². The van der Waals surface area contributed by atoms with Gasteiger partial charge in [0.05, 0.1) is 19.2 Å². The van der Waals surface area contributed by atoms with E-state index in [-0.39, 0.29) is 31.4 Å². The summed E-state index contributed by atoms with van der Waals surface area (Å²) < 4.78 is 54.4. The first-order valence-corrected chi connectivity index (χ1v) is 11.6. The number of primary amides is 1. The van der Waals surface area contributed by atoms with Crippen LogP contribution in [0.3, 0.4) is 0 Å². The molecule has 1 saturated carbocycles. The van der Waals surface area contributed by atoms with Crippen LogP contribution in [0.1, 0.15) is 29.5 Å². The summed E-state index contributed by atoms with van der Waals surface area (Å²) in [5, 5.41) is 2.97. The molecule has 1 aliphatic rings. The predicted molar refractivity (Wildman–Crippen MR) is 123 cm³/mol. The van der Waals surface area contributed by atoms with E-state index in [0.717, 1.165) is 22.2 Å². The van der Waals surface area contributed by atoms with Gasteiger partial charge in [-0.15, -0.1) is 0 Å². The zero-order valence-electron chi connectivity index (χ0n) is 18.9. The number of nitrogens with one attached hydrogen (secondary N) is 1. The van der Waals surface area contributed by atoms with Gasteiger partial charge in [-0.25, -0.2) is 9.18 Å². The molecule has 0 heterocycles. The zero-order chi connectivity index (χ0) is 25.3. The third-order valence-corrected chi connectivity index (χ3v) is 7.15. The van der Waals surface area contributed by atoms with Crippen LogP contribution in [0.15, 0.2) is 46.9 Å². The lowest BCUT2D eigenvalue weighted by atomic mass is 9.89. The molecular formula is C24H27BrF4N3O2+. The van der Waals surface area contributed by atoms with Crippen molar-refractivity contribution in [2.24, 2.45) is 5.73 Å². The molecule has 0 bridgehead atoms. The predicted octanol–water partition coefficient (Wildman–Crippen LogP) is 3.93. The minimum absolute atomic E-state index is 0.0776. The molecule has 2 aromatic rings. The van der Waals surface area contributed by atoms with E-state index in [1.807, 2.05) is 24.3 Å². The Hall–Kier alpha value is -2.30. The van der Waals surface area contributed by atoms with E-state index in [1.165, 1.54) is 0 Å². The van der Waals surface area contributed by atoms with Gasteiger partial charge in [0.15, 0.2) is 6.04 Å². The number of benzene rings is 2. The van der Waals surface area contributed by atoms with Crippen LogP contribution in [0.2, 0.25) is 0 Å². The molecule has 3 rings (SSSR count). The number of nitrogens with zero attached hydrogens (tertiary/aromatic N) is 1. The molecule has 0 saturated heterocycles. The van der Waals surface area contributed by atoms with Gasteiger partial charge in [-0.1, -0.05) is 34.1 Å². The number of hydrogen-bond donors (Lipinski definition) is 2. The minimum Gasteiger partial charge on any atom is -0.364 e. The Balaban J connectivity index is 2.02. The highest BCUT2D eigenvalue weighted by molar-refractivity contribution is 9.10. The number of likely N-dealkylation sites (N-methyl/N-ethyl adjacent to an activating group) is 2. The second-order valence-electron chi connectivity index (χ2n) is 8.92. The van der Waals surface area contributed by atoms with E-state index in [1.54, 1.807) is 14.1 Å². The Morgan fingerprint density at radius 3 is 2.26 bits per heavy atom. The number of quaternary nitrogens is 1. The van der Waals surface area contributed by atoms with E-state index in [9.17, 15) is 27.2 Å². The fourth-order valence-corrected chi connectivity index (χ4v) is 4.73. The fourth-order valence-electron chi connectivity index (χ4n) is 4.46. The van der Waals surface area contributed by atoms with Crippen molar-refractivity contribution in [1.29, 1.82) is 0 Å². The lowest BCUT2D eigenvalue weighted by molar-refractivity contribution is -0.851. The van der Waals surface area contributed by atoms with Gasteiger partial charge < -0.3 is 11.1 Å². The molecule has 0 radical (unpaired) electrons. The van der Waals surface area contributed by atoms with Crippen LogP contribution in [0, 0.1) is 5.82 Å². The Morgan fingerprint density at radius 1 is 1.18 bits per heavy atom. The van der Waals surface area contributed by atoms with Gasteiger partial charge in [-0.05, 0) is 49.7 Å². The number of alkyl halides is 3. The number of rotatable bonds is 9. The summed E-state index contributed by atoms with van der Waals surface area (Å²) in [5.41, 5.74) is 4.07. The third kappa shape index (κ3) is 5.18. The Kier molecular flexibility index (Phi) is 7.54. The normalized spacial score (nSPS) is 17.6. The third-order valence-electron chi connectivity index (χ3n) is 6.62. The second-order valence-corrected chi connectivity index (χ2v) is 9.84. The average molecular weight is 545 g/mol. The standard InChI is InChI=1S/C24H26BrF4N3O2/c1-31-11-12-32(2,20(21(30)33)13-15-3-6-17(25)7-4-15)22(34)23(9-10-23)18-8-5-16(14-19(18)26)24(27,28)29/h3-8,14,20,31H,9-13H2,1-2H3,(H-,30,33)/p+1/t20-,32?/m0/s1. The lowest BCUT2D eigenvalue weighted by Gasteiger charge is -2.40. The summed E-state index contributed by atoms with van der Waals surface area (Å²) in [5.74, 6) is -2.19. The number of hydrogen-bond acceptors (Lipinski definition) is 3. The topological polar surface area (TPSA) is 72.2 Å². The molecule has 0 aromatic heterocycles. The van der Waals surface area contributed by atoms with Gasteiger partial charge in [0.25, 0.3) is 5.91 Å². The van der Waals surface area contributed by atoms with E-state index in [2.05, 4.69) is 21.2 Å². The van der Waals surface area contributed by atoms with Crippen LogP contribution in [0.25, 0.3) is 0 Å². The van der Waals surface area contributed by atoms with Gasteiger partial charge in [0, 0.05) is 23.0 Å². The molecule has 1 aliphatic carbocycles. The average Bonchev–Trinajstić information content (AvgIpc) is 3.57. The molecule has 34 heavy (non-hydrogen) atoms. The van der Waals surface area contributed by atoms with Crippen molar-refractivity contribution in [2.45, 2.75) is 36.9 Å². The van der Waals surface area contributed by atoms with Crippen molar-refractivity contribution in [3.8, 4) is 0 Å². The summed E-state index contributed by atoms with van der Waals surface area (Å²) in [6.07, 6.45) is -3.95.